The van der Waals surface area contributed by atoms with Crippen LogP contribution in [0.2, 0.25) is 0 Å². The van der Waals surface area contributed by atoms with Gasteiger partial charge in [0.1, 0.15) is 0 Å². The first-order valence-corrected chi connectivity index (χ1v) is 14.7. The number of carbonyl (C=O) groups is 2. The van der Waals surface area contributed by atoms with Crippen LogP contribution in [0.1, 0.15) is 33.6 Å². The first-order chi connectivity index (χ1) is 16.4. The fourth-order valence-corrected chi connectivity index (χ4v) is 7.69. The fraction of sp³-hybridized carbons (Fsp3) is 0.636. The van der Waals surface area contributed by atoms with Gasteiger partial charge in [-0.25, -0.2) is 21.6 Å². The van der Waals surface area contributed by atoms with Crippen molar-refractivity contribution in [3.8, 4) is 0 Å². The van der Waals surface area contributed by atoms with E-state index < -0.39 is 32.1 Å². The molecule has 0 unspecified atom stereocenters. The minimum Gasteiger partial charge on any atom is -0.465 e. The van der Waals surface area contributed by atoms with Crippen LogP contribution >= 0.6 is 0 Å². The topological polar surface area (TPSA) is 136 Å². The van der Waals surface area contributed by atoms with E-state index >= 15 is 0 Å². The quantitative estimate of drug-likeness (QED) is 0.562. The molecule has 3 rings (SSSR count). The Morgan fingerprint density at radius 3 is 2.11 bits per heavy atom. The van der Waals surface area contributed by atoms with Crippen molar-refractivity contribution in [1.29, 1.82) is 0 Å². The summed E-state index contributed by atoms with van der Waals surface area (Å²) in [5.74, 6) is -0.674. The van der Waals surface area contributed by atoms with Crippen molar-refractivity contribution in [3.05, 3.63) is 24.3 Å². The van der Waals surface area contributed by atoms with Crippen LogP contribution in [0.25, 0.3) is 0 Å². The molecule has 2 fully saturated rings. The molecule has 0 spiro atoms. The molecule has 1 aromatic rings. The molecule has 2 atom stereocenters. The van der Waals surface area contributed by atoms with Crippen molar-refractivity contribution in [2.24, 2.45) is 5.92 Å². The molecule has 0 saturated carbocycles. The first kappa shape index (κ1) is 27.4. The summed E-state index contributed by atoms with van der Waals surface area (Å²) in [6.45, 7) is 6.93. The normalized spacial score (nSPS) is 22.4. The van der Waals surface area contributed by atoms with Gasteiger partial charge in [-0.1, -0.05) is 13.8 Å². The molecule has 35 heavy (non-hydrogen) atoms. The van der Waals surface area contributed by atoms with Gasteiger partial charge in [-0.05, 0) is 44.0 Å². The van der Waals surface area contributed by atoms with Crippen LogP contribution in [0.4, 0.5) is 4.79 Å². The van der Waals surface area contributed by atoms with Crippen molar-refractivity contribution in [2.75, 3.05) is 45.8 Å². The smallest absolute Gasteiger partial charge is 0.407 e. The Morgan fingerprint density at radius 2 is 1.57 bits per heavy atom. The Kier molecular flexibility index (Phi) is 8.45. The number of hydrogen-bond acceptors (Lipinski definition) is 6. The third-order valence-electron chi connectivity index (χ3n) is 6.72. The molecule has 0 aromatic heterocycles. The van der Waals surface area contributed by atoms with Gasteiger partial charge >= 0.3 is 6.09 Å². The highest BCUT2D eigenvalue weighted by Gasteiger charge is 2.37. The number of benzene rings is 1. The third kappa shape index (κ3) is 5.63. The lowest BCUT2D eigenvalue weighted by molar-refractivity contribution is -0.139. The van der Waals surface area contributed by atoms with Crippen LogP contribution in [-0.4, -0.2) is 104 Å². The van der Waals surface area contributed by atoms with Gasteiger partial charge in [0.25, 0.3) is 0 Å². The number of carboxylic acid groups (broad SMARTS) is 1. The van der Waals surface area contributed by atoms with Crippen molar-refractivity contribution >= 4 is 32.0 Å². The highest BCUT2D eigenvalue weighted by Crippen LogP contribution is 2.27. The Balaban J connectivity index is 1.72. The van der Waals surface area contributed by atoms with E-state index in [4.69, 9.17) is 0 Å². The summed E-state index contributed by atoms with van der Waals surface area (Å²) in [6.07, 6.45) is 0.0594. The van der Waals surface area contributed by atoms with Crippen molar-refractivity contribution in [2.45, 2.75) is 49.4 Å². The summed E-state index contributed by atoms with van der Waals surface area (Å²) < 4.78 is 54.5. The van der Waals surface area contributed by atoms with Crippen LogP contribution in [0.3, 0.4) is 0 Å². The van der Waals surface area contributed by atoms with Crippen LogP contribution < -0.4 is 0 Å². The van der Waals surface area contributed by atoms with Gasteiger partial charge in [-0.3, -0.25) is 4.79 Å². The second-order valence-corrected chi connectivity index (χ2v) is 12.7. The molecular formula is C22H34N4O7S2. The number of piperazine rings is 1. The maximum atomic E-state index is 13.3. The third-order valence-corrected chi connectivity index (χ3v) is 10.7. The van der Waals surface area contributed by atoms with Gasteiger partial charge in [0.05, 0.1) is 15.7 Å². The molecule has 2 amide bonds. The molecule has 2 heterocycles. The second-order valence-electron chi connectivity index (χ2n) is 8.87. The lowest BCUT2D eigenvalue weighted by atomic mass is 9.97. The molecular weight excluding hydrogens is 496 g/mol. The van der Waals surface area contributed by atoms with E-state index in [1.807, 2.05) is 0 Å². The highest BCUT2D eigenvalue weighted by molar-refractivity contribution is 7.89. The minimum atomic E-state index is -3.92. The number of piperidine rings is 1. The van der Waals surface area contributed by atoms with Crippen molar-refractivity contribution < 1.29 is 31.5 Å². The number of amides is 2. The average Bonchev–Trinajstić information content (AvgIpc) is 2.84. The summed E-state index contributed by atoms with van der Waals surface area (Å²) >= 11 is 0. The molecule has 2 aliphatic rings. The van der Waals surface area contributed by atoms with E-state index in [1.165, 1.54) is 37.8 Å². The van der Waals surface area contributed by atoms with E-state index in [0.29, 0.717) is 25.9 Å². The Bertz CT molecular complexity index is 1130. The predicted molar refractivity (Wildman–Crippen MR) is 129 cm³/mol. The van der Waals surface area contributed by atoms with E-state index in [9.17, 15) is 31.5 Å². The first-order valence-electron chi connectivity index (χ1n) is 11.8. The summed E-state index contributed by atoms with van der Waals surface area (Å²) in [5, 5.41) is 9.24. The molecule has 0 aliphatic carbocycles. The molecule has 0 radical (unpaired) electrons. The maximum absolute atomic E-state index is 13.3. The molecule has 1 N–H and O–H groups in total. The molecule has 2 saturated heterocycles. The molecule has 13 heteroatoms. The van der Waals surface area contributed by atoms with Gasteiger partial charge in [0.2, 0.25) is 26.0 Å². The number of nitrogens with zero attached hydrogens (tertiary/aromatic N) is 4. The summed E-state index contributed by atoms with van der Waals surface area (Å²) in [5.41, 5.74) is 0. The summed E-state index contributed by atoms with van der Waals surface area (Å²) in [4.78, 5) is 27.3. The zero-order chi connectivity index (χ0) is 26.0. The SMILES string of the molecule is CCN(CC)S(=O)(=O)c1ccc(S(=O)(=O)N2CCC[C@@H](C(=O)N3CCN(C(=O)O)[C@H](C)C3)C2)cc1. The predicted octanol–water partition coefficient (Wildman–Crippen LogP) is 1.33. The number of rotatable bonds is 7. The Labute approximate surface area is 207 Å². The van der Waals surface area contributed by atoms with Crippen LogP contribution in [0.15, 0.2) is 34.1 Å². The second kappa shape index (κ2) is 10.8. The Hall–Kier alpha value is -2.22. The van der Waals surface area contributed by atoms with Gasteiger partial charge in [0, 0.05) is 51.9 Å². The zero-order valence-electron chi connectivity index (χ0n) is 20.3. The largest absolute Gasteiger partial charge is 0.465 e. The molecule has 196 valence electrons. The molecule has 11 nitrogen and oxygen atoms in total. The molecule has 0 bridgehead atoms. The van der Waals surface area contributed by atoms with Gasteiger partial charge < -0.3 is 14.9 Å². The standard InChI is InChI=1S/C22H34N4O7S2/c1-4-24(5-2)34(30,31)19-8-10-20(11-9-19)35(32,33)25-12-6-7-18(16-25)21(27)23-13-14-26(22(28)29)17(3)15-23/h8-11,17-18H,4-7,12-16H2,1-3H3,(H,28,29)/t17-,18-/m1/s1. The lowest BCUT2D eigenvalue weighted by Crippen LogP contribution is -2.57. The van der Waals surface area contributed by atoms with E-state index in [0.717, 1.165) is 0 Å². The van der Waals surface area contributed by atoms with E-state index in [1.54, 1.807) is 25.7 Å². The number of hydrogen-bond donors (Lipinski definition) is 1. The van der Waals surface area contributed by atoms with Gasteiger partial charge in [-0.15, -0.1) is 0 Å². The van der Waals surface area contributed by atoms with Gasteiger partial charge in [-0.2, -0.15) is 8.61 Å². The fourth-order valence-electron chi connectivity index (χ4n) is 4.71. The number of sulfonamides is 2. The minimum absolute atomic E-state index is 0.0206. The summed E-state index contributed by atoms with van der Waals surface area (Å²) in [6, 6.07) is 4.86. The number of carbonyl (C=O) groups excluding carboxylic acids is 1. The zero-order valence-corrected chi connectivity index (χ0v) is 22.0. The van der Waals surface area contributed by atoms with E-state index in [2.05, 4.69) is 0 Å². The lowest BCUT2D eigenvalue weighted by Gasteiger charge is -2.41. The molecule has 2 aliphatic heterocycles. The maximum Gasteiger partial charge on any atom is 0.407 e. The highest BCUT2D eigenvalue weighted by atomic mass is 32.2. The monoisotopic (exact) mass is 530 g/mol. The van der Waals surface area contributed by atoms with Crippen molar-refractivity contribution in [3.63, 3.8) is 0 Å². The van der Waals surface area contributed by atoms with Crippen molar-refractivity contribution in [1.82, 2.24) is 18.4 Å². The van der Waals surface area contributed by atoms with Gasteiger partial charge in [0.15, 0.2) is 0 Å². The average molecular weight is 531 g/mol. The van der Waals surface area contributed by atoms with E-state index in [-0.39, 0.29) is 54.5 Å². The Morgan fingerprint density at radius 1 is 0.971 bits per heavy atom. The summed E-state index contributed by atoms with van der Waals surface area (Å²) in [7, 11) is -7.62. The van der Waals surface area contributed by atoms with Crippen LogP contribution in [0.5, 0.6) is 0 Å². The van der Waals surface area contributed by atoms with Crippen LogP contribution in [0, 0.1) is 5.92 Å². The molecule has 1 aromatic carbocycles. The van der Waals surface area contributed by atoms with Crippen LogP contribution in [-0.2, 0) is 24.8 Å².